The molecule has 0 amide bonds. The number of hydrogen-bond donors (Lipinski definition) is 0. The first kappa shape index (κ1) is 12.7. The minimum absolute atomic E-state index is 0.427. The fourth-order valence-corrected chi connectivity index (χ4v) is 2.38. The van der Waals surface area contributed by atoms with Crippen LogP contribution in [0.2, 0.25) is 10.2 Å². The highest BCUT2D eigenvalue weighted by Crippen LogP contribution is 2.18. The number of thioether (sulfide) groups is 1. The Balaban J connectivity index is 1.83. The minimum atomic E-state index is 0.427. The van der Waals surface area contributed by atoms with Crippen LogP contribution in [0.5, 0.6) is 0 Å². The molecule has 2 nitrogen and oxygen atoms in total. The zero-order chi connectivity index (χ0) is 12.1. The Morgan fingerprint density at radius 3 is 2.35 bits per heavy atom. The Kier molecular flexibility index (Phi) is 4.66. The first-order valence-corrected chi connectivity index (χ1v) is 6.94. The SMILES string of the molecule is Clc1ccc(CSCc2cnc(Cl)cn2)cc1. The zero-order valence-corrected chi connectivity index (χ0v) is 11.3. The van der Waals surface area contributed by atoms with Gasteiger partial charge in [0.15, 0.2) is 0 Å². The van der Waals surface area contributed by atoms with Crippen LogP contribution in [0.15, 0.2) is 36.7 Å². The predicted octanol–water partition coefficient (Wildman–Crippen LogP) is 4.22. The van der Waals surface area contributed by atoms with Gasteiger partial charge in [0.2, 0.25) is 0 Å². The highest BCUT2D eigenvalue weighted by Gasteiger charge is 1.98. The quantitative estimate of drug-likeness (QED) is 0.841. The van der Waals surface area contributed by atoms with Crippen molar-refractivity contribution in [1.29, 1.82) is 0 Å². The fourth-order valence-electron chi connectivity index (χ4n) is 1.27. The van der Waals surface area contributed by atoms with Crippen molar-refractivity contribution < 1.29 is 0 Å². The van der Waals surface area contributed by atoms with Gasteiger partial charge in [-0.25, -0.2) is 4.98 Å². The molecule has 17 heavy (non-hydrogen) atoms. The first-order chi connectivity index (χ1) is 8.24. The van der Waals surface area contributed by atoms with E-state index < -0.39 is 0 Å². The molecule has 1 heterocycles. The van der Waals surface area contributed by atoms with E-state index >= 15 is 0 Å². The lowest BCUT2D eigenvalue weighted by Gasteiger charge is -2.02. The van der Waals surface area contributed by atoms with E-state index in [1.54, 1.807) is 24.2 Å². The van der Waals surface area contributed by atoms with Gasteiger partial charge in [-0.15, -0.1) is 0 Å². The third-order valence-electron chi connectivity index (χ3n) is 2.11. The summed E-state index contributed by atoms with van der Waals surface area (Å²) in [5, 5.41) is 1.19. The summed E-state index contributed by atoms with van der Waals surface area (Å²) >= 11 is 13.3. The van der Waals surface area contributed by atoms with Crippen molar-refractivity contribution in [2.75, 3.05) is 0 Å². The van der Waals surface area contributed by atoms with Gasteiger partial charge in [-0.05, 0) is 17.7 Å². The molecule has 0 saturated heterocycles. The van der Waals surface area contributed by atoms with Crippen LogP contribution in [-0.4, -0.2) is 9.97 Å². The lowest BCUT2D eigenvalue weighted by atomic mass is 10.2. The smallest absolute Gasteiger partial charge is 0.147 e. The van der Waals surface area contributed by atoms with Gasteiger partial charge < -0.3 is 0 Å². The molecule has 0 radical (unpaired) electrons. The molecule has 0 bridgehead atoms. The highest BCUT2D eigenvalue weighted by molar-refractivity contribution is 7.97. The van der Waals surface area contributed by atoms with Gasteiger partial charge in [-0.2, -0.15) is 11.8 Å². The summed E-state index contributed by atoms with van der Waals surface area (Å²) in [5.74, 6) is 1.76. The molecule has 0 aliphatic heterocycles. The first-order valence-electron chi connectivity index (χ1n) is 5.02. The summed E-state index contributed by atoms with van der Waals surface area (Å²) in [7, 11) is 0. The third kappa shape index (κ3) is 4.19. The number of halogens is 2. The molecule has 88 valence electrons. The van der Waals surface area contributed by atoms with Crippen LogP contribution >= 0.6 is 35.0 Å². The Morgan fingerprint density at radius 1 is 0.941 bits per heavy atom. The van der Waals surface area contributed by atoms with Gasteiger partial charge in [0.25, 0.3) is 0 Å². The Labute approximate surface area is 114 Å². The average molecular weight is 285 g/mol. The van der Waals surface area contributed by atoms with Crippen LogP contribution in [0.4, 0.5) is 0 Å². The summed E-state index contributed by atoms with van der Waals surface area (Å²) in [6.07, 6.45) is 3.27. The molecular weight excluding hydrogens is 275 g/mol. The van der Waals surface area contributed by atoms with Crippen molar-refractivity contribution in [1.82, 2.24) is 9.97 Å². The van der Waals surface area contributed by atoms with E-state index in [2.05, 4.69) is 9.97 Å². The largest absolute Gasteiger partial charge is 0.256 e. The summed E-state index contributed by atoms with van der Waals surface area (Å²) in [5.41, 5.74) is 2.19. The summed E-state index contributed by atoms with van der Waals surface area (Å²) in [6.45, 7) is 0. The Hall–Kier alpha value is -0.770. The molecule has 5 heteroatoms. The monoisotopic (exact) mass is 284 g/mol. The maximum Gasteiger partial charge on any atom is 0.147 e. The van der Waals surface area contributed by atoms with E-state index in [0.717, 1.165) is 22.2 Å². The van der Waals surface area contributed by atoms with Crippen molar-refractivity contribution in [3.05, 3.63) is 58.1 Å². The Morgan fingerprint density at radius 2 is 1.71 bits per heavy atom. The normalized spacial score (nSPS) is 10.5. The van der Waals surface area contributed by atoms with Gasteiger partial charge in [0.05, 0.1) is 18.1 Å². The van der Waals surface area contributed by atoms with Crippen LogP contribution < -0.4 is 0 Å². The van der Waals surface area contributed by atoms with Crippen LogP contribution in [0.3, 0.4) is 0 Å². The predicted molar refractivity (Wildman–Crippen MR) is 73.5 cm³/mol. The van der Waals surface area contributed by atoms with E-state index in [-0.39, 0.29) is 0 Å². The van der Waals surface area contributed by atoms with Gasteiger partial charge in [0.1, 0.15) is 5.15 Å². The molecule has 0 aliphatic rings. The number of rotatable bonds is 4. The van der Waals surface area contributed by atoms with Gasteiger partial charge >= 0.3 is 0 Å². The van der Waals surface area contributed by atoms with E-state index in [1.807, 2.05) is 24.3 Å². The van der Waals surface area contributed by atoms with Crippen LogP contribution in [0.1, 0.15) is 11.3 Å². The molecule has 1 aromatic heterocycles. The van der Waals surface area contributed by atoms with Crippen LogP contribution in [-0.2, 0) is 11.5 Å². The lowest BCUT2D eigenvalue weighted by molar-refractivity contribution is 1.10. The molecule has 1 aromatic carbocycles. The molecule has 0 unspecified atom stereocenters. The Bertz CT molecular complexity index is 425. The van der Waals surface area contributed by atoms with Crippen molar-refractivity contribution in [2.45, 2.75) is 11.5 Å². The molecule has 2 rings (SSSR count). The summed E-state index contributed by atoms with van der Waals surface area (Å²) < 4.78 is 0. The topological polar surface area (TPSA) is 25.8 Å². The van der Waals surface area contributed by atoms with E-state index in [9.17, 15) is 0 Å². The molecule has 2 aromatic rings. The average Bonchev–Trinajstić information content (AvgIpc) is 2.34. The molecule has 0 atom stereocenters. The second-order valence-corrected chi connectivity index (χ2v) is 5.26. The van der Waals surface area contributed by atoms with Gasteiger partial charge in [-0.3, -0.25) is 4.98 Å². The summed E-state index contributed by atoms with van der Waals surface area (Å²) in [4.78, 5) is 8.18. The second-order valence-electron chi connectivity index (χ2n) is 3.45. The molecule has 0 aliphatic carbocycles. The van der Waals surface area contributed by atoms with Gasteiger partial charge in [-0.1, -0.05) is 35.3 Å². The second kappa shape index (κ2) is 6.24. The summed E-state index contributed by atoms with van der Waals surface area (Å²) in [6, 6.07) is 7.87. The number of benzene rings is 1. The third-order valence-corrected chi connectivity index (χ3v) is 3.59. The molecule has 0 N–H and O–H groups in total. The number of nitrogens with zero attached hydrogens (tertiary/aromatic N) is 2. The highest BCUT2D eigenvalue weighted by atomic mass is 35.5. The van der Waals surface area contributed by atoms with E-state index in [0.29, 0.717) is 5.15 Å². The van der Waals surface area contributed by atoms with E-state index in [1.165, 1.54) is 5.56 Å². The standard InChI is InChI=1S/C12H10Cl2N2S/c13-10-3-1-9(2-4-10)7-17-8-11-5-16-12(14)6-15-11/h1-6H,7-8H2. The number of aromatic nitrogens is 2. The molecule has 0 saturated carbocycles. The zero-order valence-electron chi connectivity index (χ0n) is 8.94. The molecule has 0 spiro atoms. The minimum Gasteiger partial charge on any atom is -0.256 e. The number of hydrogen-bond acceptors (Lipinski definition) is 3. The van der Waals surface area contributed by atoms with Crippen molar-refractivity contribution >= 4 is 35.0 Å². The van der Waals surface area contributed by atoms with Crippen LogP contribution in [0.25, 0.3) is 0 Å². The van der Waals surface area contributed by atoms with Gasteiger partial charge in [0, 0.05) is 16.5 Å². The van der Waals surface area contributed by atoms with E-state index in [4.69, 9.17) is 23.2 Å². The molecular formula is C12H10Cl2N2S. The lowest BCUT2D eigenvalue weighted by Crippen LogP contribution is -1.89. The van der Waals surface area contributed by atoms with Crippen molar-refractivity contribution in [3.8, 4) is 0 Å². The molecule has 0 fully saturated rings. The van der Waals surface area contributed by atoms with Crippen molar-refractivity contribution in [2.24, 2.45) is 0 Å². The maximum atomic E-state index is 5.82. The maximum absolute atomic E-state index is 5.82. The fraction of sp³-hybridized carbons (Fsp3) is 0.167. The van der Waals surface area contributed by atoms with Crippen LogP contribution in [0, 0.1) is 0 Å². The van der Waals surface area contributed by atoms with Crippen molar-refractivity contribution in [3.63, 3.8) is 0 Å².